The molecule has 0 radical (unpaired) electrons. The summed E-state index contributed by atoms with van der Waals surface area (Å²) in [5.74, 6) is -0.433. The van der Waals surface area contributed by atoms with E-state index in [1.165, 1.54) is 6.07 Å². The topological polar surface area (TPSA) is 38.3 Å². The zero-order valence-electron chi connectivity index (χ0n) is 10.5. The van der Waals surface area contributed by atoms with Crippen LogP contribution >= 0.6 is 0 Å². The van der Waals surface area contributed by atoms with Crippen LogP contribution in [0.4, 0.5) is 4.39 Å². The number of ether oxygens (including phenoxy) is 1. The maximum absolute atomic E-state index is 13.5. The van der Waals surface area contributed by atoms with Gasteiger partial charge < -0.3 is 10.1 Å². The molecule has 0 aromatic heterocycles. The molecule has 1 fully saturated rings. The van der Waals surface area contributed by atoms with Crippen molar-refractivity contribution in [3.8, 4) is 0 Å². The SMILES string of the molecule is CCNC1COCC1C(=O)Cc1ccccc1F. The molecule has 18 heavy (non-hydrogen) atoms. The van der Waals surface area contributed by atoms with E-state index in [1.54, 1.807) is 18.2 Å². The molecule has 0 amide bonds. The van der Waals surface area contributed by atoms with Crippen LogP contribution in [0.1, 0.15) is 12.5 Å². The first-order valence-electron chi connectivity index (χ1n) is 6.29. The number of hydrogen-bond donors (Lipinski definition) is 1. The standard InChI is InChI=1S/C14H18FNO2/c1-2-16-13-9-18-8-11(13)14(17)7-10-5-3-4-6-12(10)15/h3-6,11,13,16H,2,7-9H2,1H3. The Morgan fingerprint density at radius 2 is 2.22 bits per heavy atom. The van der Waals surface area contributed by atoms with Gasteiger partial charge in [0.1, 0.15) is 11.6 Å². The molecule has 2 unspecified atom stereocenters. The van der Waals surface area contributed by atoms with Gasteiger partial charge in [-0.3, -0.25) is 4.79 Å². The van der Waals surface area contributed by atoms with E-state index in [4.69, 9.17) is 4.74 Å². The van der Waals surface area contributed by atoms with Crippen LogP contribution in [0, 0.1) is 11.7 Å². The predicted octanol–water partition coefficient (Wildman–Crippen LogP) is 1.56. The highest BCUT2D eigenvalue weighted by atomic mass is 19.1. The molecule has 0 spiro atoms. The highest BCUT2D eigenvalue weighted by Crippen LogP contribution is 2.18. The van der Waals surface area contributed by atoms with E-state index in [1.807, 2.05) is 6.92 Å². The highest BCUT2D eigenvalue weighted by molar-refractivity contribution is 5.84. The third kappa shape index (κ3) is 2.94. The lowest BCUT2D eigenvalue weighted by Gasteiger charge is -2.17. The summed E-state index contributed by atoms with van der Waals surface area (Å²) in [5, 5.41) is 3.24. The molecular formula is C14H18FNO2. The smallest absolute Gasteiger partial charge is 0.144 e. The van der Waals surface area contributed by atoms with E-state index in [0.717, 1.165) is 6.54 Å². The van der Waals surface area contributed by atoms with E-state index >= 15 is 0 Å². The molecule has 1 saturated heterocycles. The summed E-state index contributed by atoms with van der Waals surface area (Å²) >= 11 is 0. The van der Waals surface area contributed by atoms with E-state index in [9.17, 15) is 9.18 Å². The maximum atomic E-state index is 13.5. The molecule has 0 bridgehead atoms. The Morgan fingerprint density at radius 3 is 2.94 bits per heavy atom. The van der Waals surface area contributed by atoms with Crippen LogP contribution in [0.3, 0.4) is 0 Å². The first kappa shape index (κ1) is 13.2. The molecule has 98 valence electrons. The summed E-state index contributed by atoms with van der Waals surface area (Å²) in [6.45, 7) is 3.79. The predicted molar refractivity (Wildman–Crippen MR) is 66.9 cm³/mol. The van der Waals surface area contributed by atoms with Gasteiger partial charge >= 0.3 is 0 Å². The number of carbonyl (C=O) groups is 1. The van der Waals surface area contributed by atoms with Crippen molar-refractivity contribution in [3.05, 3.63) is 35.6 Å². The van der Waals surface area contributed by atoms with Crippen molar-refractivity contribution in [2.24, 2.45) is 5.92 Å². The van der Waals surface area contributed by atoms with Crippen LogP contribution in [-0.4, -0.2) is 31.6 Å². The van der Waals surface area contributed by atoms with Gasteiger partial charge in [-0.25, -0.2) is 4.39 Å². The third-order valence-electron chi connectivity index (χ3n) is 3.28. The number of likely N-dealkylation sites (N-methyl/N-ethyl adjacent to an activating group) is 1. The molecule has 1 aromatic rings. The van der Waals surface area contributed by atoms with Gasteiger partial charge in [-0.1, -0.05) is 25.1 Å². The average molecular weight is 251 g/mol. The van der Waals surface area contributed by atoms with Gasteiger partial charge in [0, 0.05) is 12.5 Å². The zero-order chi connectivity index (χ0) is 13.0. The third-order valence-corrected chi connectivity index (χ3v) is 3.28. The van der Waals surface area contributed by atoms with Crippen molar-refractivity contribution in [1.29, 1.82) is 0 Å². The number of rotatable bonds is 5. The van der Waals surface area contributed by atoms with Crippen LogP contribution in [0.2, 0.25) is 0 Å². The number of ketones is 1. The fraction of sp³-hybridized carbons (Fsp3) is 0.500. The van der Waals surface area contributed by atoms with Crippen LogP contribution in [-0.2, 0) is 16.0 Å². The summed E-state index contributed by atoms with van der Waals surface area (Å²) < 4.78 is 18.8. The van der Waals surface area contributed by atoms with Gasteiger partial charge in [-0.05, 0) is 18.2 Å². The number of hydrogen-bond acceptors (Lipinski definition) is 3. The largest absolute Gasteiger partial charge is 0.379 e. The van der Waals surface area contributed by atoms with E-state index in [-0.39, 0.29) is 30.0 Å². The molecule has 1 N–H and O–H groups in total. The van der Waals surface area contributed by atoms with Crippen molar-refractivity contribution < 1.29 is 13.9 Å². The second-order valence-corrected chi connectivity index (χ2v) is 4.54. The average Bonchev–Trinajstić information content (AvgIpc) is 2.81. The van der Waals surface area contributed by atoms with Crippen molar-refractivity contribution in [1.82, 2.24) is 5.32 Å². The summed E-state index contributed by atoms with van der Waals surface area (Å²) in [5.41, 5.74) is 0.463. The van der Waals surface area contributed by atoms with Gasteiger partial charge in [-0.15, -0.1) is 0 Å². The number of benzene rings is 1. The minimum Gasteiger partial charge on any atom is -0.379 e. The molecule has 1 aliphatic heterocycles. The molecule has 2 rings (SSSR count). The normalized spacial score (nSPS) is 23.2. The molecule has 0 saturated carbocycles. The first-order chi connectivity index (χ1) is 8.72. The summed E-state index contributed by atoms with van der Waals surface area (Å²) in [6, 6.07) is 6.48. The van der Waals surface area contributed by atoms with Crippen molar-refractivity contribution >= 4 is 5.78 Å². The van der Waals surface area contributed by atoms with Gasteiger partial charge in [-0.2, -0.15) is 0 Å². The molecule has 2 atom stereocenters. The molecule has 1 aromatic carbocycles. The fourth-order valence-electron chi connectivity index (χ4n) is 2.30. The Morgan fingerprint density at radius 1 is 1.44 bits per heavy atom. The molecule has 1 heterocycles. The van der Waals surface area contributed by atoms with Crippen molar-refractivity contribution in [3.63, 3.8) is 0 Å². The van der Waals surface area contributed by atoms with Gasteiger partial charge in [0.2, 0.25) is 0 Å². The molecule has 0 aliphatic carbocycles. The monoisotopic (exact) mass is 251 g/mol. The van der Waals surface area contributed by atoms with Crippen LogP contribution in [0.25, 0.3) is 0 Å². The maximum Gasteiger partial charge on any atom is 0.144 e. The second kappa shape index (κ2) is 6.07. The first-order valence-corrected chi connectivity index (χ1v) is 6.29. The summed E-state index contributed by atoms with van der Waals surface area (Å²) in [7, 11) is 0. The summed E-state index contributed by atoms with van der Waals surface area (Å²) in [6.07, 6.45) is 0.141. The van der Waals surface area contributed by atoms with Gasteiger partial charge in [0.25, 0.3) is 0 Å². The fourth-order valence-corrected chi connectivity index (χ4v) is 2.30. The molecule has 3 nitrogen and oxygen atoms in total. The number of Topliss-reactive ketones (excluding diaryl/α,β-unsaturated/α-hetero) is 1. The minimum atomic E-state index is -0.315. The van der Waals surface area contributed by atoms with Crippen LogP contribution < -0.4 is 5.32 Å². The van der Waals surface area contributed by atoms with Gasteiger partial charge in [0.05, 0.1) is 19.1 Å². The number of carbonyl (C=O) groups excluding carboxylic acids is 1. The number of nitrogens with one attached hydrogen (secondary N) is 1. The van der Waals surface area contributed by atoms with Crippen molar-refractivity contribution in [2.75, 3.05) is 19.8 Å². The minimum absolute atomic E-state index is 0.0450. The summed E-state index contributed by atoms with van der Waals surface area (Å²) in [4.78, 5) is 12.2. The highest BCUT2D eigenvalue weighted by Gasteiger charge is 2.33. The lowest BCUT2D eigenvalue weighted by atomic mass is 9.93. The lowest BCUT2D eigenvalue weighted by Crippen LogP contribution is -2.39. The van der Waals surface area contributed by atoms with E-state index in [0.29, 0.717) is 18.8 Å². The van der Waals surface area contributed by atoms with Crippen LogP contribution in [0.15, 0.2) is 24.3 Å². The van der Waals surface area contributed by atoms with Gasteiger partial charge in [0.15, 0.2) is 0 Å². The van der Waals surface area contributed by atoms with Crippen LogP contribution in [0.5, 0.6) is 0 Å². The quantitative estimate of drug-likeness (QED) is 0.863. The lowest BCUT2D eigenvalue weighted by molar-refractivity contribution is -0.122. The Kier molecular flexibility index (Phi) is 4.44. The molecule has 1 aliphatic rings. The van der Waals surface area contributed by atoms with E-state index < -0.39 is 0 Å². The Hall–Kier alpha value is -1.26. The van der Waals surface area contributed by atoms with E-state index in [2.05, 4.69) is 5.32 Å². The Labute approximate surface area is 106 Å². The number of halogens is 1. The zero-order valence-corrected chi connectivity index (χ0v) is 10.5. The van der Waals surface area contributed by atoms with Crippen molar-refractivity contribution in [2.45, 2.75) is 19.4 Å². The Bertz CT molecular complexity index is 422. The Balaban J connectivity index is 2.01. The second-order valence-electron chi connectivity index (χ2n) is 4.54. The molecular weight excluding hydrogens is 233 g/mol. The molecule has 4 heteroatoms.